The number of nitrogens with zero attached hydrogens (tertiary/aromatic N) is 1. The number of carbonyl (C=O) groups excluding carboxylic acids is 1. The molecule has 0 bridgehead atoms. The van der Waals surface area contributed by atoms with Crippen molar-refractivity contribution in [2.45, 2.75) is 39.1 Å². The SMILES string of the molecule is C=C/C(F)=C\C(F)=C(/C)[C@@H](C)NC(=O)c1cc(-c2ccc(C)cn2)cc(C(O)C(F)(F)F)c1. The molecule has 1 aromatic carbocycles. The first-order valence-corrected chi connectivity index (χ1v) is 9.83. The molecule has 0 fully saturated rings. The summed E-state index contributed by atoms with van der Waals surface area (Å²) in [6.07, 6.45) is -4.85. The average molecular weight is 466 g/mol. The fraction of sp³-hybridized carbons (Fsp3) is 0.250. The summed E-state index contributed by atoms with van der Waals surface area (Å²) in [5.74, 6) is -2.65. The standard InChI is InChI=1S/C24H23F5N2O2/c1-5-19(25)11-20(26)14(3)15(4)31-23(33)18-9-16(21-7-6-13(2)12-30-21)8-17(10-18)22(32)24(27,28)29/h5-12,15,22,32H,1H2,2-4H3,(H,31,33)/b19-11+,20-14-/t15-,22?/m1/s1. The van der Waals surface area contributed by atoms with Gasteiger partial charge >= 0.3 is 6.18 Å². The van der Waals surface area contributed by atoms with Gasteiger partial charge in [-0.2, -0.15) is 13.2 Å². The van der Waals surface area contributed by atoms with Gasteiger partial charge in [0.05, 0.1) is 11.7 Å². The number of amides is 1. The lowest BCUT2D eigenvalue weighted by Gasteiger charge is -2.19. The smallest absolute Gasteiger partial charge is 0.379 e. The monoisotopic (exact) mass is 466 g/mol. The van der Waals surface area contributed by atoms with Gasteiger partial charge in [-0.25, -0.2) is 8.78 Å². The van der Waals surface area contributed by atoms with E-state index in [9.17, 15) is 31.9 Å². The number of pyridine rings is 1. The van der Waals surface area contributed by atoms with Gasteiger partial charge in [-0.3, -0.25) is 9.78 Å². The minimum atomic E-state index is -4.95. The topological polar surface area (TPSA) is 62.2 Å². The van der Waals surface area contributed by atoms with Crippen LogP contribution in [0.3, 0.4) is 0 Å². The molecule has 1 amide bonds. The van der Waals surface area contributed by atoms with Crippen LogP contribution in [0.25, 0.3) is 11.3 Å². The Morgan fingerprint density at radius 3 is 2.42 bits per heavy atom. The van der Waals surface area contributed by atoms with Gasteiger partial charge < -0.3 is 10.4 Å². The van der Waals surface area contributed by atoms with Crippen molar-refractivity contribution in [3.05, 3.63) is 89.2 Å². The quantitative estimate of drug-likeness (QED) is 0.386. The van der Waals surface area contributed by atoms with Crippen molar-refractivity contribution in [1.29, 1.82) is 0 Å². The number of hydrogen-bond donors (Lipinski definition) is 2. The molecule has 33 heavy (non-hydrogen) atoms. The van der Waals surface area contributed by atoms with Crippen LogP contribution < -0.4 is 5.32 Å². The van der Waals surface area contributed by atoms with Crippen molar-refractivity contribution in [1.82, 2.24) is 10.3 Å². The van der Waals surface area contributed by atoms with Gasteiger partial charge in [-0.1, -0.05) is 12.6 Å². The second-order valence-electron chi connectivity index (χ2n) is 7.47. The normalized spacial score (nSPS) is 14.9. The third-order valence-corrected chi connectivity index (χ3v) is 4.88. The van der Waals surface area contributed by atoms with Gasteiger partial charge in [0.2, 0.25) is 0 Å². The lowest BCUT2D eigenvalue weighted by molar-refractivity contribution is -0.206. The molecule has 2 N–H and O–H groups in total. The number of alkyl halides is 3. The number of allylic oxidation sites excluding steroid dienone is 4. The number of aryl methyl sites for hydroxylation is 1. The maximum absolute atomic E-state index is 14.2. The summed E-state index contributed by atoms with van der Waals surface area (Å²) < 4.78 is 66.8. The van der Waals surface area contributed by atoms with E-state index in [0.717, 1.165) is 23.8 Å². The zero-order valence-electron chi connectivity index (χ0n) is 18.2. The van der Waals surface area contributed by atoms with Crippen LogP contribution in [0, 0.1) is 6.92 Å². The van der Waals surface area contributed by atoms with Gasteiger partial charge in [-0.15, -0.1) is 0 Å². The molecule has 2 atom stereocenters. The van der Waals surface area contributed by atoms with Crippen molar-refractivity contribution in [3.8, 4) is 11.3 Å². The van der Waals surface area contributed by atoms with Crippen molar-refractivity contribution in [3.63, 3.8) is 0 Å². The molecule has 0 radical (unpaired) electrons. The number of halogens is 5. The molecule has 2 aromatic rings. The number of aliphatic hydroxyl groups is 1. The highest BCUT2D eigenvalue weighted by atomic mass is 19.4. The van der Waals surface area contributed by atoms with E-state index >= 15 is 0 Å². The first-order chi connectivity index (χ1) is 15.3. The van der Waals surface area contributed by atoms with Gasteiger partial charge in [0.1, 0.15) is 11.7 Å². The van der Waals surface area contributed by atoms with E-state index in [0.29, 0.717) is 11.8 Å². The minimum Gasteiger partial charge on any atom is -0.379 e. The molecular formula is C24H23F5N2O2. The number of aromatic nitrogens is 1. The zero-order valence-corrected chi connectivity index (χ0v) is 18.2. The lowest BCUT2D eigenvalue weighted by Crippen LogP contribution is -2.34. The Morgan fingerprint density at radius 2 is 1.88 bits per heavy atom. The Kier molecular flexibility index (Phi) is 8.27. The van der Waals surface area contributed by atoms with Crippen molar-refractivity contribution in [2.24, 2.45) is 0 Å². The summed E-state index contributed by atoms with van der Waals surface area (Å²) in [6.45, 7) is 7.73. The molecule has 0 aliphatic carbocycles. The largest absolute Gasteiger partial charge is 0.418 e. The first-order valence-electron chi connectivity index (χ1n) is 9.83. The molecule has 1 unspecified atom stereocenters. The summed E-state index contributed by atoms with van der Waals surface area (Å²) in [7, 11) is 0. The molecule has 0 saturated carbocycles. The van der Waals surface area contributed by atoms with Gasteiger partial charge in [0.25, 0.3) is 5.91 Å². The van der Waals surface area contributed by atoms with Crippen molar-refractivity contribution in [2.75, 3.05) is 0 Å². The van der Waals surface area contributed by atoms with Gasteiger partial charge in [-0.05, 0) is 67.8 Å². The van der Waals surface area contributed by atoms with Gasteiger partial charge in [0, 0.05) is 23.4 Å². The van der Waals surface area contributed by atoms with Crippen LogP contribution in [0.5, 0.6) is 0 Å². The molecule has 176 valence electrons. The predicted molar refractivity (Wildman–Crippen MR) is 116 cm³/mol. The number of rotatable bonds is 7. The fourth-order valence-electron chi connectivity index (χ4n) is 2.80. The lowest BCUT2D eigenvalue weighted by atomic mass is 9.98. The van der Waals surface area contributed by atoms with Crippen LogP contribution in [0.2, 0.25) is 0 Å². The molecule has 1 aromatic heterocycles. The third kappa shape index (κ3) is 6.82. The van der Waals surface area contributed by atoms with Crippen LogP contribution in [0.15, 0.2) is 72.5 Å². The maximum atomic E-state index is 14.2. The predicted octanol–water partition coefficient (Wildman–Crippen LogP) is 6.05. The van der Waals surface area contributed by atoms with E-state index in [2.05, 4.69) is 16.9 Å². The zero-order chi connectivity index (χ0) is 24.9. The Hall–Kier alpha value is -3.33. The Morgan fingerprint density at radius 1 is 1.21 bits per heavy atom. The third-order valence-electron chi connectivity index (χ3n) is 4.88. The van der Waals surface area contributed by atoms with E-state index in [1.54, 1.807) is 19.1 Å². The summed E-state index contributed by atoms with van der Waals surface area (Å²) in [5.41, 5.74) is 0.556. The second kappa shape index (κ2) is 10.5. The van der Waals surface area contributed by atoms with E-state index in [1.165, 1.54) is 26.1 Å². The van der Waals surface area contributed by atoms with Crippen LogP contribution in [0.1, 0.15) is 41.4 Å². The molecule has 0 aliphatic heterocycles. The number of carbonyl (C=O) groups is 1. The molecule has 4 nitrogen and oxygen atoms in total. The van der Waals surface area contributed by atoms with E-state index < -0.39 is 41.4 Å². The van der Waals surface area contributed by atoms with E-state index in [-0.39, 0.29) is 16.7 Å². The van der Waals surface area contributed by atoms with Gasteiger partial charge in [0.15, 0.2) is 6.10 Å². The Balaban J connectivity index is 2.46. The fourth-order valence-corrected chi connectivity index (χ4v) is 2.80. The number of hydrogen-bond acceptors (Lipinski definition) is 3. The highest BCUT2D eigenvalue weighted by Crippen LogP contribution is 2.35. The Bertz CT molecular complexity index is 1090. The molecule has 0 spiro atoms. The minimum absolute atomic E-state index is 0.00717. The summed E-state index contributed by atoms with van der Waals surface area (Å²) >= 11 is 0. The van der Waals surface area contributed by atoms with Crippen LogP contribution >= 0.6 is 0 Å². The second-order valence-corrected chi connectivity index (χ2v) is 7.47. The summed E-state index contributed by atoms with van der Waals surface area (Å²) in [5, 5.41) is 12.2. The summed E-state index contributed by atoms with van der Waals surface area (Å²) in [6, 6.07) is 5.68. The van der Waals surface area contributed by atoms with Crippen molar-refractivity contribution < 1.29 is 31.9 Å². The van der Waals surface area contributed by atoms with E-state index in [4.69, 9.17) is 0 Å². The number of nitrogens with one attached hydrogen (secondary N) is 1. The van der Waals surface area contributed by atoms with Crippen molar-refractivity contribution >= 4 is 5.91 Å². The molecule has 1 heterocycles. The molecule has 9 heteroatoms. The van der Waals surface area contributed by atoms with E-state index in [1.807, 2.05) is 0 Å². The van der Waals surface area contributed by atoms with Crippen LogP contribution in [-0.4, -0.2) is 28.2 Å². The first kappa shape index (κ1) is 25.9. The number of aliphatic hydroxyl groups excluding tert-OH is 1. The number of benzene rings is 1. The molecule has 0 aliphatic rings. The summed E-state index contributed by atoms with van der Waals surface area (Å²) in [4.78, 5) is 16.9. The molecular weight excluding hydrogens is 443 g/mol. The maximum Gasteiger partial charge on any atom is 0.418 e. The Labute approximate surface area is 188 Å². The molecule has 2 rings (SSSR count). The van der Waals surface area contributed by atoms with Crippen LogP contribution in [-0.2, 0) is 0 Å². The average Bonchev–Trinajstić information content (AvgIpc) is 2.77. The molecule has 0 saturated heterocycles. The highest BCUT2D eigenvalue weighted by molar-refractivity contribution is 5.96. The highest BCUT2D eigenvalue weighted by Gasteiger charge is 2.39. The van der Waals surface area contributed by atoms with Crippen LogP contribution in [0.4, 0.5) is 22.0 Å².